The molecule has 0 aromatic heterocycles. The number of piperidine rings is 1. The lowest BCUT2D eigenvalue weighted by Gasteiger charge is -2.32. The van der Waals surface area contributed by atoms with Crippen LogP contribution in [0, 0.1) is 5.92 Å². The van der Waals surface area contributed by atoms with E-state index in [2.05, 4.69) is 20.8 Å². The fourth-order valence-electron chi connectivity index (χ4n) is 3.58. The summed E-state index contributed by atoms with van der Waals surface area (Å²) in [6.45, 7) is 2.41. The van der Waals surface area contributed by atoms with Crippen LogP contribution in [0.15, 0.2) is 59.1 Å². The monoisotopic (exact) mass is 444 g/mol. The highest BCUT2D eigenvalue weighted by molar-refractivity contribution is 9.10. The van der Waals surface area contributed by atoms with Crippen LogP contribution in [-0.2, 0) is 16.1 Å². The molecule has 0 saturated carbocycles. The van der Waals surface area contributed by atoms with E-state index < -0.39 is 5.97 Å². The first-order chi connectivity index (χ1) is 13.5. The fourth-order valence-corrected chi connectivity index (χ4v) is 3.85. The highest BCUT2D eigenvalue weighted by Crippen LogP contribution is 2.23. The maximum atomic E-state index is 13.1. The van der Waals surface area contributed by atoms with E-state index in [1.165, 1.54) is 0 Å². The molecule has 0 bridgehead atoms. The van der Waals surface area contributed by atoms with Crippen molar-refractivity contribution in [3.8, 4) is 0 Å². The van der Waals surface area contributed by atoms with Gasteiger partial charge in [-0.2, -0.15) is 0 Å². The van der Waals surface area contributed by atoms with Gasteiger partial charge in [-0.3, -0.25) is 14.5 Å². The van der Waals surface area contributed by atoms with Gasteiger partial charge >= 0.3 is 5.97 Å². The third kappa shape index (κ3) is 5.91. The standard InChI is InChI=1S/C22H25BrN2O3/c23-19-6-8-20(9-7-19)25(15-18-4-2-1-3-5-18)21(26)16-24-12-10-17(11-13-24)14-22(27)28/h1-9,17H,10-16H2,(H,27,28). The Kier molecular flexibility index (Phi) is 7.23. The van der Waals surface area contributed by atoms with E-state index in [0.717, 1.165) is 41.7 Å². The van der Waals surface area contributed by atoms with Gasteiger partial charge in [0.1, 0.15) is 0 Å². The number of carboxylic acid groups (broad SMARTS) is 1. The molecule has 1 heterocycles. The highest BCUT2D eigenvalue weighted by atomic mass is 79.9. The zero-order chi connectivity index (χ0) is 19.9. The van der Waals surface area contributed by atoms with Gasteiger partial charge in [-0.25, -0.2) is 0 Å². The summed E-state index contributed by atoms with van der Waals surface area (Å²) >= 11 is 3.45. The summed E-state index contributed by atoms with van der Waals surface area (Å²) in [6, 6.07) is 17.8. The summed E-state index contributed by atoms with van der Waals surface area (Å²) in [7, 11) is 0. The van der Waals surface area contributed by atoms with Crippen molar-refractivity contribution in [3.63, 3.8) is 0 Å². The third-order valence-corrected chi connectivity index (χ3v) is 5.68. The number of carboxylic acids is 1. The van der Waals surface area contributed by atoms with Crippen LogP contribution in [0.2, 0.25) is 0 Å². The normalized spacial score (nSPS) is 15.3. The summed E-state index contributed by atoms with van der Waals surface area (Å²) in [4.78, 5) is 28.0. The molecule has 3 rings (SSSR count). The number of rotatable bonds is 7. The fraction of sp³-hybridized carbons (Fsp3) is 0.364. The zero-order valence-electron chi connectivity index (χ0n) is 15.8. The molecule has 6 heteroatoms. The quantitative estimate of drug-likeness (QED) is 0.695. The van der Waals surface area contributed by atoms with Gasteiger partial charge < -0.3 is 10.0 Å². The van der Waals surface area contributed by atoms with Crippen LogP contribution in [0.5, 0.6) is 0 Å². The summed E-state index contributed by atoms with van der Waals surface area (Å²) < 4.78 is 0.976. The molecule has 0 unspecified atom stereocenters. The predicted octanol–water partition coefficient (Wildman–Crippen LogP) is 4.17. The van der Waals surface area contributed by atoms with E-state index in [1.807, 2.05) is 59.5 Å². The summed E-state index contributed by atoms with van der Waals surface area (Å²) in [5, 5.41) is 8.96. The Bertz CT molecular complexity index is 787. The predicted molar refractivity (Wildman–Crippen MR) is 113 cm³/mol. The number of nitrogens with zero attached hydrogens (tertiary/aromatic N) is 2. The SMILES string of the molecule is O=C(O)CC1CCN(CC(=O)N(Cc2ccccc2)c2ccc(Br)cc2)CC1. The zero-order valence-corrected chi connectivity index (χ0v) is 17.3. The Hall–Kier alpha value is -2.18. The summed E-state index contributed by atoms with van der Waals surface area (Å²) in [5.74, 6) is -0.461. The lowest BCUT2D eigenvalue weighted by atomic mass is 9.93. The lowest BCUT2D eigenvalue weighted by Crippen LogP contribution is -2.43. The van der Waals surface area contributed by atoms with Crippen LogP contribution in [0.25, 0.3) is 0 Å². The van der Waals surface area contributed by atoms with E-state index in [1.54, 1.807) is 0 Å². The number of carbonyl (C=O) groups excluding carboxylic acids is 1. The lowest BCUT2D eigenvalue weighted by molar-refractivity contribution is -0.138. The molecule has 28 heavy (non-hydrogen) atoms. The Labute approximate surface area is 174 Å². The number of carbonyl (C=O) groups is 2. The van der Waals surface area contributed by atoms with Gasteiger partial charge in [-0.15, -0.1) is 0 Å². The molecule has 1 aliphatic rings. The summed E-state index contributed by atoms with van der Waals surface area (Å²) in [5.41, 5.74) is 1.96. The van der Waals surface area contributed by atoms with Gasteiger partial charge in [0.05, 0.1) is 13.1 Å². The van der Waals surface area contributed by atoms with Crippen molar-refractivity contribution in [2.45, 2.75) is 25.8 Å². The highest BCUT2D eigenvalue weighted by Gasteiger charge is 2.25. The van der Waals surface area contributed by atoms with Crippen molar-refractivity contribution in [1.29, 1.82) is 0 Å². The number of anilines is 1. The van der Waals surface area contributed by atoms with Crippen LogP contribution in [0.4, 0.5) is 5.69 Å². The first kappa shape index (κ1) is 20.6. The molecule has 1 N–H and O–H groups in total. The van der Waals surface area contributed by atoms with Crippen LogP contribution in [0.3, 0.4) is 0 Å². The average Bonchev–Trinajstić information content (AvgIpc) is 2.69. The summed E-state index contributed by atoms with van der Waals surface area (Å²) in [6.07, 6.45) is 1.88. The second kappa shape index (κ2) is 9.85. The molecule has 2 aromatic carbocycles. The smallest absolute Gasteiger partial charge is 0.303 e. The van der Waals surface area contributed by atoms with Crippen molar-refractivity contribution in [2.75, 3.05) is 24.5 Å². The van der Waals surface area contributed by atoms with Crippen molar-refractivity contribution in [3.05, 3.63) is 64.6 Å². The number of hydrogen-bond acceptors (Lipinski definition) is 3. The largest absolute Gasteiger partial charge is 0.481 e. The number of hydrogen-bond donors (Lipinski definition) is 1. The number of amides is 1. The van der Waals surface area contributed by atoms with Gasteiger partial charge in [0.15, 0.2) is 0 Å². The van der Waals surface area contributed by atoms with E-state index in [4.69, 9.17) is 5.11 Å². The van der Waals surface area contributed by atoms with Gasteiger partial charge in [0, 0.05) is 16.6 Å². The molecule has 1 amide bonds. The van der Waals surface area contributed by atoms with Gasteiger partial charge in [0.25, 0.3) is 0 Å². The first-order valence-electron chi connectivity index (χ1n) is 9.55. The molecule has 0 atom stereocenters. The van der Waals surface area contributed by atoms with E-state index >= 15 is 0 Å². The van der Waals surface area contributed by atoms with Crippen LogP contribution >= 0.6 is 15.9 Å². The molecule has 1 aliphatic heterocycles. The maximum Gasteiger partial charge on any atom is 0.303 e. The van der Waals surface area contributed by atoms with Crippen LogP contribution in [-0.4, -0.2) is 41.5 Å². The van der Waals surface area contributed by atoms with Crippen LogP contribution in [0.1, 0.15) is 24.8 Å². The molecule has 1 saturated heterocycles. The molecule has 1 fully saturated rings. The second-order valence-electron chi connectivity index (χ2n) is 7.26. The Balaban J connectivity index is 1.67. The van der Waals surface area contributed by atoms with Crippen molar-refractivity contribution < 1.29 is 14.7 Å². The number of halogens is 1. The molecule has 2 aromatic rings. The molecule has 0 radical (unpaired) electrons. The molecule has 0 aliphatic carbocycles. The molecule has 0 spiro atoms. The minimum Gasteiger partial charge on any atom is -0.481 e. The number of benzene rings is 2. The topological polar surface area (TPSA) is 60.9 Å². The minimum absolute atomic E-state index is 0.0582. The third-order valence-electron chi connectivity index (χ3n) is 5.15. The Morgan fingerprint density at radius 3 is 2.29 bits per heavy atom. The molecule has 148 valence electrons. The van der Waals surface area contributed by atoms with Gasteiger partial charge in [-0.1, -0.05) is 46.3 Å². The van der Waals surface area contributed by atoms with Crippen molar-refractivity contribution in [1.82, 2.24) is 4.90 Å². The maximum absolute atomic E-state index is 13.1. The van der Waals surface area contributed by atoms with E-state index in [0.29, 0.717) is 13.1 Å². The minimum atomic E-state index is -0.737. The average molecular weight is 445 g/mol. The van der Waals surface area contributed by atoms with E-state index in [9.17, 15) is 9.59 Å². The van der Waals surface area contributed by atoms with Crippen LogP contribution < -0.4 is 4.90 Å². The number of aliphatic carboxylic acids is 1. The molecular formula is C22H25BrN2O3. The first-order valence-corrected chi connectivity index (χ1v) is 10.3. The Morgan fingerprint density at radius 2 is 1.68 bits per heavy atom. The molecular weight excluding hydrogens is 420 g/mol. The second-order valence-corrected chi connectivity index (χ2v) is 8.17. The molecule has 5 nitrogen and oxygen atoms in total. The van der Waals surface area contributed by atoms with E-state index in [-0.39, 0.29) is 18.2 Å². The van der Waals surface area contributed by atoms with Crippen molar-refractivity contribution >= 4 is 33.5 Å². The van der Waals surface area contributed by atoms with Gasteiger partial charge in [0.2, 0.25) is 5.91 Å². The van der Waals surface area contributed by atoms with Gasteiger partial charge in [-0.05, 0) is 61.7 Å². The number of likely N-dealkylation sites (tertiary alicyclic amines) is 1. The Morgan fingerprint density at radius 1 is 1.04 bits per heavy atom. The van der Waals surface area contributed by atoms with Crippen molar-refractivity contribution in [2.24, 2.45) is 5.92 Å².